The van der Waals surface area contributed by atoms with Gasteiger partial charge in [0.05, 0.1) is 10.7 Å². The molecule has 1 aliphatic rings. The van der Waals surface area contributed by atoms with Crippen molar-refractivity contribution in [1.82, 2.24) is 15.0 Å². The first kappa shape index (κ1) is 20.1. The van der Waals surface area contributed by atoms with Gasteiger partial charge >= 0.3 is 0 Å². The lowest BCUT2D eigenvalue weighted by Crippen LogP contribution is -2.34. The number of aryl methyl sites for hydroxylation is 1. The van der Waals surface area contributed by atoms with Crippen molar-refractivity contribution in [1.29, 1.82) is 0 Å². The molecule has 0 bridgehead atoms. The summed E-state index contributed by atoms with van der Waals surface area (Å²) in [5.41, 5.74) is 2.17. The lowest BCUT2D eigenvalue weighted by atomic mass is 9.98. The molecule has 4 rings (SSSR count). The van der Waals surface area contributed by atoms with Gasteiger partial charge < -0.3 is 9.64 Å². The number of aromatic nitrogens is 3. The Morgan fingerprint density at radius 3 is 2.55 bits per heavy atom. The van der Waals surface area contributed by atoms with Gasteiger partial charge in [-0.25, -0.2) is 15.0 Å². The Morgan fingerprint density at radius 2 is 1.90 bits per heavy atom. The summed E-state index contributed by atoms with van der Waals surface area (Å²) in [6, 6.07) is 7.79. The number of hydrogen-bond acceptors (Lipinski definition) is 8. The van der Waals surface area contributed by atoms with Gasteiger partial charge in [0.2, 0.25) is 5.95 Å². The van der Waals surface area contributed by atoms with Crippen LogP contribution in [-0.4, -0.2) is 28.0 Å². The summed E-state index contributed by atoms with van der Waals surface area (Å²) >= 11 is 2.97. The third-order valence-electron chi connectivity index (χ3n) is 5.14. The largest absolute Gasteiger partial charge is 0.487 e. The highest BCUT2D eigenvalue weighted by Crippen LogP contribution is 2.31. The van der Waals surface area contributed by atoms with E-state index in [2.05, 4.69) is 27.2 Å². The van der Waals surface area contributed by atoms with Gasteiger partial charge in [0.1, 0.15) is 12.4 Å². The third kappa shape index (κ3) is 5.07. The number of ether oxygens (including phenoxy) is 1. The molecule has 0 amide bonds. The first-order valence-corrected chi connectivity index (χ1v) is 11.6. The lowest BCUT2D eigenvalue weighted by Gasteiger charge is -2.31. The van der Waals surface area contributed by atoms with Crippen LogP contribution in [0.4, 0.5) is 5.95 Å². The fourth-order valence-corrected chi connectivity index (χ4v) is 4.64. The molecule has 152 valence electrons. The molecule has 1 saturated heterocycles. The zero-order valence-corrected chi connectivity index (χ0v) is 18.1. The first-order valence-electron chi connectivity index (χ1n) is 9.85. The van der Waals surface area contributed by atoms with Crippen LogP contribution in [0.1, 0.15) is 41.9 Å². The Hall–Kier alpha value is -2.16. The molecule has 3 aromatic rings. The molecule has 0 unspecified atom stereocenters. The van der Waals surface area contributed by atoms with E-state index in [1.165, 1.54) is 22.5 Å². The van der Waals surface area contributed by atoms with Crippen LogP contribution in [0.15, 0.2) is 46.9 Å². The minimum absolute atomic E-state index is 0.488. The third-order valence-corrected chi connectivity index (χ3v) is 6.74. The number of anilines is 1. The van der Waals surface area contributed by atoms with Crippen LogP contribution in [0.25, 0.3) is 0 Å². The highest BCUT2D eigenvalue weighted by molar-refractivity contribution is 7.97. The molecule has 0 saturated carbocycles. The number of piperidine rings is 1. The second-order valence-electron chi connectivity index (χ2n) is 7.06. The Balaban J connectivity index is 1.29. The Morgan fingerprint density at radius 1 is 1.17 bits per heavy atom. The van der Waals surface area contributed by atoms with Gasteiger partial charge in [-0.3, -0.25) is 5.14 Å². The van der Waals surface area contributed by atoms with Crippen LogP contribution in [0.2, 0.25) is 0 Å². The van der Waals surface area contributed by atoms with Crippen LogP contribution < -0.4 is 14.8 Å². The van der Waals surface area contributed by atoms with Gasteiger partial charge in [0, 0.05) is 41.7 Å². The summed E-state index contributed by atoms with van der Waals surface area (Å²) in [5, 5.41) is 8.87. The van der Waals surface area contributed by atoms with E-state index in [4.69, 9.17) is 14.9 Å². The van der Waals surface area contributed by atoms with Gasteiger partial charge in [-0.1, -0.05) is 6.92 Å². The molecular formula is C21H25N5OS2. The van der Waals surface area contributed by atoms with Gasteiger partial charge in [0.25, 0.3) is 0 Å². The molecule has 0 atom stereocenters. The van der Waals surface area contributed by atoms with Gasteiger partial charge in [-0.05, 0) is 61.0 Å². The summed E-state index contributed by atoms with van der Waals surface area (Å²) in [4.78, 5) is 17.1. The second-order valence-corrected chi connectivity index (χ2v) is 8.66. The number of rotatable bonds is 7. The van der Waals surface area contributed by atoms with E-state index in [0.29, 0.717) is 12.5 Å². The van der Waals surface area contributed by atoms with E-state index in [9.17, 15) is 0 Å². The number of nitrogens with zero attached hydrogens (tertiary/aromatic N) is 4. The highest BCUT2D eigenvalue weighted by atomic mass is 32.2. The maximum absolute atomic E-state index is 5.86. The maximum Gasteiger partial charge on any atom is 0.225 e. The molecule has 1 aromatic carbocycles. The van der Waals surface area contributed by atoms with Gasteiger partial charge in [-0.2, -0.15) is 0 Å². The quantitative estimate of drug-likeness (QED) is 0.559. The molecule has 2 aromatic heterocycles. The standard InChI is InChI=1S/C21H25N5OS2/c1-2-15-11-23-21(24-12-15)26-9-7-16(8-10-26)20-25-17(14-28-20)13-27-18-3-5-19(29-22)6-4-18/h3-6,11-12,14,16H,2,7-10,13,22H2,1H3. The molecule has 3 heterocycles. The molecule has 1 aliphatic heterocycles. The van der Waals surface area contributed by atoms with Crippen LogP contribution in [0, 0.1) is 0 Å². The second kappa shape index (κ2) is 9.56. The monoisotopic (exact) mass is 427 g/mol. The topological polar surface area (TPSA) is 77.2 Å². The van der Waals surface area contributed by atoms with Crippen LogP contribution >= 0.6 is 23.3 Å². The Kier molecular flexibility index (Phi) is 6.63. The summed E-state index contributed by atoms with van der Waals surface area (Å²) in [6.45, 7) is 4.54. The van der Waals surface area contributed by atoms with E-state index >= 15 is 0 Å². The summed E-state index contributed by atoms with van der Waals surface area (Å²) < 4.78 is 5.86. The highest BCUT2D eigenvalue weighted by Gasteiger charge is 2.24. The van der Waals surface area contributed by atoms with E-state index in [1.54, 1.807) is 11.3 Å². The van der Waals surface area contributed by atoms with Crippen molar-refractivity contribution < 1.29 is 4.74 Å². The van der Waals surface area contributed by atoms with Crippen molar-refractivity contribution in [3.63, 3.8) is 0 Å². The fraction of sp³-hybridized carbons (Fsp3) is 0.381. The molecule has 0 spiro atoms. The molecule has 6 nitrogen and oxygen atoms in total. The fourth-order valence-electron chi connectivity index (χ4n) is 3.37. The van der Waals surface area contributed by atoms with Crippen molar-refractivity contribution in [2.24, 2.45) is 5.14 Å². The maximum atomic E-state index is 5.86. The average Bonchev–Trinajstić information content (AvgIpc) is 3.27. The molecule has 0 aliphatic carbocycles. The summed E-state index contributed by atoms with van der Waals surface area (Å²) in [6.07, 6.45) is 6.99. The molecule has 0 radical (unpaired) electrons. The minimum atomic E-state index is 0.488. The van der Waals surface area contributed by atoms with E-state index in [1.807, 2.05) is 36.7 Å². The van der Waals surface area contributed by atoms with Crippen molar-refractivity contribution in [3.8, 4) is 5.75 Å². The average molecular weight is 428 g/mol. The van der Waals surface area contributed by atoms with E-state index in [0.717, 1.165) is 54.6 Å². The van der Waals surface area contributed by atoms with Crippen LogP contribution in [0.3, 0.4) is 0 Å². The normalized spacial score (nSPS) is 14.9. The van der Waals surface area contributed by atoms with Crippen molar-refractivity contribution in [2.45, 2.75) is 43.6 Å². The number of nitrogens with two attached hydrogens (primary N) is 1. The molecule has 29 heavy (non-hydrogen) atoms. The number of hydrogen-bond donors (Lipinski definition) is 1. The predicted octanol–water partition coefficient (Wildman–Crippen LogP) is 4.42. The SMILES string of the molecule is CCc1cnc(N2CCC(c3nc(COc4ccc(SN)cc4)cs3)CC2)nc1. The van der Waals surface area contributed by atoms with Crippen molar-refractivity contribution in [2.75, 3.05) is 18.0 Å². The number of thiazole rings is 1. The van der Waals surface area contributed by atoms with Gasteiger partial charge in [-0.15, -0.1) is 11.3 Å². The zero-order valence-electron chi connectivity index (χ0n) is 16.5. The molecule has 8 heteroatoms. The zero-order chi connectivity index (χ0) is 20.1. The summed E-state index contributed by atoms with van der Waals surface area (Å²) in [7, 11) is 0. The van der Waals surface area contributed by atoms with E-state index < -0.39 is 0 Å². The van der Waals surface area contributed by atoms with Crippen molar-refractivity contribution in [3.05, 3.63) is 58.3 Å². The first-order chi connectivity index (χ1) is 14.2. The minimum Gasteiger partial charge on any atom is -0.487 e. The van der Waals surface area contributed by atoms with Gasteiger partial charge in [0.15, 0.2) is 0 Å². The summed E-state index contributed by atoms with van der Waals surface area (Å²) in [5.74, 6) is 2.17. The lowest BCUT2D eigenvalue weighted by molar-refractivity contribution is 0.301. The van der Waals surface area contributed by atoms with E-state index in [-0.39, 0.29) is 0 Å². The molecule has 1 fully saturated rings. The molecular weight excluding hydrogens is 402 g/mol. The Labute approximate surface area is 179 Å². The van der Waals surface area contributed by atoms with Crippen LogP contribution in [0.5, 0.6) is 5.75 Å². The van der Waals surface area contributed by atoms with Crippen molar-refractivity contribution >= 4 is 29.2 Å². The predicted molar refractivity (Wildman–Crippen MR) is 119 cm³/mol. The number of benzene rings is 1. The molecule has 2 N–H and O–H groups in total. The Bertz CT molecular complexity index is 906. The van der Waals surface area contributed by atoms with Crippen LogP contribution in [-0.2, 0) is 13.0 Å². The smallest absolute Gasteiger partial charge is 0.225 e.